The van der Waals surface area contributed by atoms with Gasteiger partial charge in [-0.15, -0.1) is 11.8 Å². The minimum absolute atomic E-state index is 0.0954. The highest BCUT2D eigenvalue weighted by Gasteiger charge is 2.28. The van der Waals surface area contributed by atoms with Gasteiger partial charge in [-0.1, -0.05) is 58.6 Å². The summed E-state index contributed by atoms with van der Waals surface area (Å²) in [6.45, 7) is 11.9. The summed E-state index contributed by atoms with van der Waals surface area (Å²) in [5.41, 5.74) is 4.04. The molecule has 2 aromatic rings. The van der Waals surface area contributed by atoms with E-state index < -0.39 is 6.04 Å². The number of hydrogen-bond donors (Lipinski definition) is 1. The highest BCUT2D eigenvalue weighted by atomic mass is 35.5. The Labute approximate surface area is 206 Å². The number of halogens is 2. The molecule has 0 aliphatic heterocycles. The van der Waals surface area contributed by atoms with Gasteiger partial charge in [0.15, 0.2) is 0 Å². The van der Waals surface area contributed by atoms with E-state index in [0.29, 0.717) is 10.0 Å². The van der Waals surface area contributed by atoms with Gasteiger partial charge in [0.1, 0.15) is 6.04 Å². The molecule has 0 aliphatic rings. The van der Waals surface area contributed by atoms with Crippen molar-refractivity contribution in [2.24, 2.45) is 0 Å². The maximum absolute atomic E-state index is 13.2. The summed E-state index contributed by atoms with van der Waals surface area (Å²) >= 11 is 13.7. The zero-order chi connectivity index (χ0) is 24.1. The third-order valence-electron chi connectivity index (χ3n) is 4.78. The molecule has 32 heavy (non-hydrogen) atoms. The second-order valence-electron chi connectivity index (χ2n) is 9.17. The van der Waals surface area contributed by atoms with Crippen LogP contribution in [0.2, 0.25) is 10.0 Å². The maximum atomic E-state index is 13.2. The van der Waals surface area contributed by atoms with Crippen molar-refractivity contribution in [1.29, 1.82) is 0 Å². The summed E-state index contributed by atoms with van der Waals surface area (Å²) in [4.78, 5) is 27.6. The SMILES string of the molecule is Cc1cc(C)cc(CSCC(=O)N(Cc2ccc(Cl)c(Cl)c2)[C@H](C)C(=O)NC(C)(C)C)c1. The number of nitrogens with zero attached hydrogens (tertiary/aromatic N) is 1. The van der Waals surface area contributed by atoms with Crippen LogP contribution in [0.5, 0.6) is 0 Å². The van der Waals surface area contributed by atoms with Crippen LogP contribution < -0.4 is 5.32 Å². The molecule has 2 rings (SSSR count). The third kappa shape index (κ3) is 8.34. The fraction of sp³-hybridized carbons (Fsp3) is 0.440. The van der Waals surface area contributed by atoms with E-state index in [1.165, 1.54) is 16.7 Å². The van der Waals surface area contributed by atoms with Gasteiger partial charge >= 0.3 is 0 Å². The lowest BCUT2D eigenvalue weighted by Crippen LogP contribution is -2.52. The Morgan fingerprint density at radius 2 is 1.62 bits per heavy atom. The van der Waals surface area contributed by atoms with Gasteiger partial charge in [-0.2, -0.15) is 0 Å². The van der Waals surface area contributed by atoms with Crippen LogP contribution in [0.3, 0.4) is 0 Å². The predicted molar refractivity (Wildman–Crippen MR) is 136 cm³/mol. The maximum Gasteiger partial charge on any atom is 0.242 e. The molecule has 0 spiro atoms. The molecular weight excluding hydrogens is 463 g/mol. The van der Waals surface area contributed by atoms with E-state index in [1.54, 1.807) is 35.7 Å². The number of carbonyl (C=O) groups excluding carboxylic acids is 2. The van der Waals surface area contributed by atoms with Crippen molar-refractivity contribution < 1.29 is 9.59 Å². The first-order valence-corrected chi connectivity index (χ1v) is 12.5. The number of hydrogen-bond acceptors (Lipinski definition) is 3. The fourth-order valence-electron chi connectivity index (χ4n) is 3.38. The van der Waals surface area contributed by atoms with Gasteiger partial charge in [-0.3, -0.25) is 9.59 Å². The van der Waals surface area contributed by atoms with E-state index in [1.807, 2.05) is 26.8 Å². The lowest BCUT2D eigenvalue weighted by molar-refractivity contribution is -0.139. The van der Waals surface area contributed by atoms with Crippen molar-refractivity contribution in [3.63, 3.8) is 0 Å². The molecule has 2 aromatic carbocycles. The molecule has 0 aromatic heterocycles. The summed E-state index contributed by atoms with van der Waals surface area (Å²) in [5, 5.41) is 3.85. The largest absolute Gasteiger partial charge is 0.350 e. The van der Waals surface area contributed by atoms with E-state index in [9.17, 15) is 9.59 Å². The summed E-state index contributed by atoms with van der Waals surface area (Å²) < 4.78 is 0. The number of aryl methyl sites for hydroxylation is 2. The summed E-state index contributed by atoms with van der Waals surface area (Å²) in [6.07, 6.45) is 0. The molecule has 1 atom stereocenters. The Morgan fingerprint density at radius 3 is 2.19 bits per heavy atom. The zero-order valence-electron chi connectivity index (χ0n) is 19.6. The molecule has 0 radical (unpaired) electrons. The lowest BCUT2D eigenvalue weighted by Gasteiger charge is -2.31. The lowest BCUT2D eigenvalue weighted by atomic mass is 10.1. The van der Waals surface area contributed by atoms with E-state index in [2.05, 4.69) is 37.4 Å². The Kier molecular flexibility index (Phi) is 9.50. The van der Waals surface area contributed by atoms with Crippen LogP contribution >= 0.6 is 35.0 Å². The smallest absolute Gasteiger partial charge is 0.242 e. The van der Waals surface area contributed by atoms with Gasteiger partial charge in [0.05, 0.1) is 15.8 Å². The van der Waals surface area contributed by atoms with Crippen molar-refractivity contribution in [3.8, 4) is 0 Å². The Morgan fingerprint density at radius 1 is 1.00 bits per heavy atom. The van der Waals surface area contributed by atoms with Crippen molar-refractivity contribution >= 4 is 46.8 Å². The number of amides is 2. The Hall–Kier alpha value is -1.69. The fourth-order valence-corrected chi connectivity index (χ4v) is 4.55. The first kappa shape index (κ1) is 26.6. The molecule has 2 amide bonds. The average Bonchev–Trinajstić information content (AvgIpc) is 2.66. The van der Waals surface area contributed by atoms with Crippen LogP contribution in [0, 0.1) is 13.8 Å². The molecule has 0 heterocycles. The van der Waals surface area contributed by atoms with Crippen LogP contribution in [-0.4, -0.2) is 34.0 Å². The number of thioether (sulfide) groups is 1. The van der Waals surface area contributed by atoms with E-state index in [4.69, 9.17) is 23.2 Å². The minimum Gasteiger partial charge on any atom is -0.350 e. The quantitative estimate of drug-likeness (QED) is 0.476. The minimum atomic E-state index is -0.627. The summed E-state index contributed by atoms with van der Waals surface area (Å²) in [7, 11) is 0. The van der Waals surface area contributed by atoms with Crippen molar-refractivity contribution in [1.82, 2.24) is 10.2 Å². The van der Waals surface area contributed by atoms with Gasteiger partial charge in [0, 0.05) is 17.8 Å². The summed E-state index contributed by atoms with van der Waals surface area (Å²) in [5.74, 6) is 0.728. The zero-order valence-corrected chi connectivity index (χ0v) is 21.9. The highest BCUT2D eigenvalue weighted by Crippen LogP contribution is 2.24. The highest BCUT2D eigenvalue weighted by molar-refractivity contribution is 7.99. The van der Waals surface area contributed by atoms with Crippen molar-refractivity contribution in [2.45, 2.75) is 65.4 Å². The Bertz CT molecular complexity index is 953. The van der Waals surface area contributed by atoms with Gasteiger partial charge in [0.2, 0.25) is 11.8 Å². The molecule has 0 fully saturated rings. The van der Waals surface area contributed by atoms with Crippen LogP contribution in [-0.2, 0) is 21.9 Å². The molecule has 1 N–H and O–H groups in total. The molecule has 0 saturated heterocycles. The molecule has 0 unspecified atom stereocenters. The van der Waals surface area contributed by atoms with Crippen LogP contribution in [0.1, 0.15) is 49.9 Å². The monoisotopic (exact) mass is 494 g/mol. The first-order chi connectivity index (χ1) is 14.9. The van der Waals surface area contributed by atoms with Gasteiger partial charge < -0.3 is 10.2 Å². The van der Waals surface area contributed by atoms with E-state index in [0.717, 1.165) is 11.3 Å². The molecule has 7 heteroatoms. The topological polar surface area (TPSA) is 49.4 Å². The number of carbonyl (C=O) groups is 2. The number of benzene rings is 2. The average molecular weight is 496 g/mol. The van der Waals surface area contributed by atoms with E-state index in [-0.39, 0.29) is 29.7 Å². The third-order valence-corrected chi connectivity index (χ3v) is 6.51. The second kappa shape index (κ2) is 11.4. The van der Waals surface area contributed by atoms with Crippen molar-refractivity contribution in [2.75, 3.05) is 5.75 Å². The number of rotatable bonds is 8. The van der Waals surface area contributed by atoms with Gasteiger partial charge in [0.25, 0.3) is 0 Å². The first-order valence-electron chi connectivity index (χ1n) is 10.6. The number of nitrogens with one attached hydrogen (secondary N) is 1. The second-order valence-corrected chi connectivity index (χ2v) is 11.0. The molecule has 0 bridgehead atoms. The normalized spacial score (nSPS) is 12.4. The molecule has 4 nitrogen and oxygen atoms in total. The van der Waals surface area contributed by atoms with Crippen LogP contribution in [0.4, 0.5) is 0 Å². The molecule has 174 valence electrons. The van der Waals surface area contributed by atoms with Crippen molar-refractivity contribution in [3.05, 3.63) is 68.7 Å². The van der Waals surface area contributed by atoms with Gasteiger partial charge in [-0.25, -0.2) is 0 Å². The molecule has 0 saturated carbocycles. The van der Waals surface area contributed by atoms with Crippen LogP contribution in [0.25, 0.3) is 0 Å². The Balaban J connectivity index is 2.14. The molecule has 0 aliphatic carbocycles. The van der Waals surface area contributed by atoms with Gasteiger partial charge in [-0.05, 0) is 64.8 Å². The summed E-state index contributed by atoms with van der Waals surface area (Å²) in [6, 6.07) is 11.0. The predicted octanol–water partition coefficient (Wildman–Crippen LogP) is 6.18. The molecular formula is C25H32Cl2N2O2S. The van der Waals surface area contributed by atoms with E-state index >= 15 is 0 Å². The van der Waals surface area contributed by atoms with Crippen LogP contribution in [0.15, 0.2) is 36.4 Å². The standard InChI is InChI=1S/C25H32Cl2N2O2S/c1-16-9-17(2)11-20(10-16)14-32-15-23(30)29(18(3)24(31)28-25(4,5)6)13-19-7-8-21(26)22(27)12-19/h7-12,18H,13-15H2,1-6H3,(H,28,31)/t18-/m1/s1.